The lowest BCUT2D eigenvalue weighted by Crippen LogP contribution is -2.16. The average molecular weight is 394 g/mol. The lowest BCUT2D eigenvalue weighted by atomic mass is 10.1. The highest BCUT2D eigenvalue weighted by Crippen LogP contribution is 2.31. The van der Waals surface area contributed by atoms with Crippen LogP contribution in [0.2, 0.25) is 0 Å². The lowest BCUT2D eigenvalue weighted by Gasteiger charge is -2.13. The Balaban J connectivity index is 1.35. The Hall–Kier alpha value is -2.86. The lowest BCUT2D eigenvalue weighted by molar-refractivity contribution is -0.117. The number of carbonyl (C=O) groups excluding carboxylic acids is 2. The first-order valence-corrected chi connectivity index (χ1v) is 10.2. The van der Waals surface area contributed by atoms with E-state index >= 15 is 0 Å². The van der Waals surface area contributed by atoms with E-state index in [1.807, 2.05) is 19.1 Å². The van der Waals surface area contributed by atoms with Gasteiger partial charge >= 0.3 is 0 Å². The van der Waals surface area contributed by atoms with Gasteiger partial charge in [0.2, 0.25) is 5.91 Å². The number of carbonyl (C=O) groups is 2. The number of rotatable bonds is 7. The number of ether oxygens (including phenoxy) is 2. The minimum absolute atomic E-state index is 0.0511. The molecule has 0 radical (unpaired) electrons. The third kappa shape index (κ3) is 5.15. The summed E-state index contributed by atoms with van der Waals surface area (Å²) in [5.74, 6) is 0.695. The number of benzene rings is 2. The van der Waals surface area contributed by atoms with Crippen LogP contribution < -0.4 is 15.4 Å². The van der Waals surface area contributed by atoms with E-state index in [0.717, 1.165) is 49.3 Å². The number of anilines is 2. The topological polar surface area (TPSA) is 76.7 Å². The smallest absolute Gasteiger partial charge is 0.255 e. The standard InChI is InChI=1S/C23H26N2O4/c1-15-4-9-18(13-21(15)25-23(27)16-5-6-16)24-22(26)17-7-10-19(11-8-17)29-14-20-3-2-12-28-20/h4,7-11,13,16,20H,2-3,5-6,12,14H2,1H3,(H,24,26)(H,25,27). The van der Waals surface area contributed by atoms with E-state index in [1.54, 1.807) is 30.3 Å². The van der Waals surface area contributed by atoms with Gasteiger partial charge in [0.05, 0.1) is 6.10 Å². The van der Waals surface area contributed by atoms with Crippen LogP contribution in [0.4, 0.5) is 11.4 Å². The van der Waals surface area contributed by atoms with E-state index in [1.165, 1.54) is 0 Å². The monoisotopic (exact) mass is 394 g/mol. The van der Waals surface area contributed by atoms with E-state index in [2.05, 4.69) is 10.6 Å². The second-order valence-corrected chi connectivity index (χ2v) is 7.72. The predicted molar refractivity (Wildman–Crippen MR) is 111 cm³/mol. The molecule has 2 amide bonds. The van der Waals surface area contributed by atoms with Crippen molar-refractivity contribution in [2.24, 2.45) is 5.92 Å². The summed E-state index contributed by atoms with van der Waals surface area (Å²) in [7, 11) is 0. The molecular formula is C23H26N2O4. The third-order valence-corrected chi connectivity index (χ3v) is 5.28. The van der Waals surface area contributed by atoms with Crippen molar-refractivity contribution in [1.29, 1.82) is 0 Å². The summed E-state index contributed by atoms with van der Waals surface area (Å²) in [6.45, 7) is 3.27. The van der Waals surface area contributed by atoms with Gasteiger partial charge in [-0.1, -0.05) is 6.07 Å². The largest absolute Gasteiger partial charge is 0.491 e. The molecule has 1 saturated carbocycles. The van der Waals surface area contributed by atoms with Crippen LogP contribution in [0.3, 0.4) is 0 Å². The number of amides is 2. The van der Waals surface area contributed by atoms with Crippen molar-refractivity contribution >= 4 is 23.2 Å². The summed E-state index contributed by atoms with van der Waals surface area (Å²) in [5, 5.41) is 5.84. The fourth-order valence-electron chi connectivity index (χ4n) is 3.29. The Bertz CT molecular complexity index is 884. The SMILES string of the molecule is Cc1ccc(NC(=O)c2ccc(OCC3CCCO3)cc2)cc1NC(=O)C1CC1. The number of hydrogen-bond donors (Lipinski definition) is 2. The molecule has 0 spiro atoms. The maximum absolute atomic E-state index is 12.6. The first-order chi connectivity index (χ1) is 14.1. The molecule has 1 atom stereocenters. The predicted octanol–water partition coefficient (Wildman–Crippen LogP) is 4.15. The van der Waals surface area contributed by atoms with Crippen molar-refractivity contribution < 1.29 is 19.1 Å². The highest BCUT2D eigenvalue weighted by molar-refractivity contribution is 6.05. The molecule has 4 rings (SSSR count). The molecule has 6 heteroatoms. The van der Waals surface area contributed by atoms with E-state index in [-0.39, 0.29) is 23.8 Å². The highest BCUT2D eigenvalue weighted by atomic mass is 16.5. The van der Waals surface area contributed by atoms with Gasteiger partial charge in [-0.25, -0.2) is 0 Å². The minimum atomic E-state index is -0.209. The number of hydrogen-bond acceptors (Lipinski definition) is 4. The zero-order chi connectivity index (χ0) is 20.2. The Morgan fingerprint density at radius 2 is 1.86 bits per heavy atom. The molecule has 2 aliphatic rings. The van der Waals surface area contributed by atoms with Crippen LogP contribution in [0.25, 0.3) is 0 Å². The molecule has 1 aliphatic heterocycles. The van der Waals surface area contributed by atoms with Gasteiger partial charge in [0.15, 0.2) is 0 Å². The molecule has 0 aromatic heterocycles. The molecule has 1 saturated heterocycles. The molecule has 6 nitrogen and oxygen atoms in total. The molecular weight excluding hydrogens is 368 g/mol. The molecule has 29 heavy (non-hydrogen) atoms. The van der Waals surface area contributed by atoms with Crippen molar-refractivity contribution in [3.63, 3.8) is 0 Å². The molecule has 1 aliphatic carbocycles. The van der Waals surface area contributed by atoms with Gasteiger partial charge in [-0.15, -0.1) is 0 Å². The van der Waals surface area contributed by atoms with Crippen molar-refractivity contribution in [3.05, 3.63) is 53.6 Å². The molecule has 2 aromatic rings. The molecule has 2 N–H and O–H groups in total. The molecule has 1 unspecified atom stereocenters. The quantitative estimate of drug-likeness (QED) is 0.740. The second kappa shape index (κ2) is 8.66. The highest BCUT2D eigenvalue weighted by Gasteiger charge is 2.29. The van der Waals surface area contributed by atoms with Gasteiger partial charge in [-0.2, -0.15) is 0 Å². The van der Waals surface area contributed by atoms with Crippen LogP contribution in [0.1, 0.15) is 41.6 Å². The van der Waals surface area contributed by atoms with Crippen LogP contribution in [-0.2, 0) is 9.53 Å². The fraction of sp³-hybridized carbons (Fsp3) is 0.391. The molecule has 2 fully saturated rings. The van der Waals surface area contributed by atoms with Gasteiger partial charge in [0.1, 0.15) is 12.4 Å². The molecule has 2 aromatic carbocycles. The van der Waals surface area contributed by atoms with Crippen molar-refractivity contribution in [3.8, 4) is 5.75 Å². The second-order valence-electron chi connectivity index (χ2n) is 7.72. The van der Waals surface area contributed by atoms with Crippen molar-refractivity contribution in [1.82, 2.24) is 0 Å². The van der Waals surface area contributed by atoms with Crippen LogP contribution in [-0.4, -0.2) is 31.1 Å². The van der Waals surface area contributed by atoms with Crippen molar-refractivity contribution in [2.75, 3.05) is 23.8 Å². The first-order valence-electron chi connectivity index (χ1n) is 10.2. The third-order valence-electron chi connectivity index (χ3n) is 5.28. The Labute approximate surface area is 170 Å². The Kier molecular flexibility index (Phi) is 5.81. The summed E-state index contributed by atoms with van der Waals surface area (Å²) in [4.78, 5) is 24.6. The van der Waals surface area contributed by atoms with Crippen LogP contribution in [0.5, 0.6) is 5.75 Å². The van der Waals surface area contributed by atoms with Crippen molar-refractivity contribution in [2.45, 2.75) is 38.7 Å². The van der Waals surface area contributed by atoms with Gasteiger partial charge in [-0.05, 0) is 74.6 Å². The summed E-state index contributed by atoms with van der Waals surface area (Å²) in [5.41, 5.74) is 2.88. The van der Waals surface area contributed by atoms with E-state index in [9.17, 15) is 9.59 Å². The summed E-state index contributed by atoms with van der Waals surface area (Å²) in [6.07, 6.45) is 4.18. The number of nitrogens with one attached hydrogen (secondary N) is 2. The normalized spacial score (nSPS) is 18.3. The molecule has 1 heterocycles. The summed E-state index contributed by atoms with van der Waals surface area (Å²) >= 11 is 0. The van der Waals surface area contributed by atoms with E-state index in [4.69, 9.17) is 9.47 Å². The van der Waals surface area contributed by atoms with Crippen LogP contribution >= 0.6 is 0 Å². The van der Waals surface area contributed by atoms with Crippen LogP contribution in [0, 0.1) is 12.8 Å². The summed E-state index contributed by atoms with van der Waals surface area (Å²) < 4.78 is 11.3. The number of aryl methyl sites for hydroxylation is 1. The maximum Gasteiger partial charge on any atom is 0.255 e. The molecule has 152 valence electrons. The van der Waals surface area contributed by atoms with Gasteiger partial charge in [0.25, 0.3) is 5.91 Å². The van der Waals surface area contributed by atoms with Gasteiger partial charge < -0.3 is 20.1 Å². The summed E-state index contributed by atoms with van der Waals surface area (Å²) in [6, 6.07) is 12.6. The van der Waals surface area contributed by atoms with E-state index < -0.39 is 0 Å². The Morgan fingerprint density at radius 1 is 1.07 bits per heavy atom. The fourth-order valence-corrected chi connectivity index (χ4v) is 3.29. The first kappa shape index (κ1) is 19.5. The van der Waals surface area contributed by atoms with E-state index in [0.29, 0.717) is 17.9 Å². The van der Waals surface area contributed by atoms with Gasteiger partial charge in [0, 0.05) is 29.5 Å². The maximum atomic E-state index is 12.6. The average Bonchev–Trinajstić information content (AvgIpc) is 3.45. The molecule has 0 bridgehead atoms. The van der Waals surface area contributed by atoms with Crippen LogP contribution in [0.15, 0.2) is 42.5 Å². The Morgan fingerprint density at radius 3 is 2.55 bits per heavy atom. The minimum Gasteiger partial charge on any atom is -0.491 e. The zero-order valence-electron chi connectivity index (χ0n) is 16.6. The van der Waals surface area contributed by atoms with Gasteiger partial charge in [-0.3, -0.25) is 9.59 Å². The zero-order valence-corrected chi connectivity index (χ0v) is 16.6.